The highest BCUT2D eigenvalue weighted by Gasteiger charge is 2.32. The second-order valence-electron chi connectivity index (χ2n) is 7.27. The highest BCUT2D eigenvalue weighted by molar-refractivity contribution is 14.0. The number of likely N-dealkylation sites (tertiary alicyclic amines) is 1. The van der Waals surface area contributed by atoms with E-state index in [9.17, 15) is 9.59 Å². The first-order valence-electron chi connectivity index (χ1n) is 9.54. The first kappa shape index (κ1) is 24.3. The van der Waals surface area contributed by atoms with E-state index in [1.54, 1.807) is 30.8 Å². The standard InChI is InChI=1S/C18H33N5O2S.HI/c1-22(2)16(24)12-20-18(19-9-11-26-3)21-15-8-10-23(13-15)17(25)14-6-4-5-7-14;/h14-15H,4-13H2,1-3H3,(H2,19,20,21);1H. The first-order chi connectivity index (χ1) is 12.5. The number of hydrogen-bond acceptors (Lipinski definition) is 4. The molecule has 0 radical (unpaired) electrons. The Morgan fingerprint density at radius 3 is 2.56 bits per heavy atom. The van der Waals surface area contributed by atoms with Gasteiger partial charge in [0.1, 0.15) is 6.54 Å². The van der Waals surface area contributed by atoms with Gasteiger partial charge in [-0.05, 0) is 25.5 Å². The third kappa shape index (κ3) is 8.05. The van der Waals surface area contributed by atoms with Crippen LogP contribution in [0, 0.1) is 5.92 Å². The zero-order chi connectivity index (χ0) is 18.9. The van der Waals surface area contributed by atoms with Gasteiger partial charge in [0.15, 0.2) is 5.96 Å². The Hall–Kier alpha value is -0.710. The van der Waals surface area contributed by atoms with E-state index < -0.39 is 0 Å². The van der Waals surface area contributed by atoms with E-state index in [2.05, 4.69) is 21.9 Å². The monoisotopic (exact) mass is 511 g/mol. The first-order valence-corrected chi connectivity index (χ1v) is 10.9. The number of nitrogens with one attached hydrogen (secondary N) is 2. The van der Waals surface area contributed by atoms with Crippen LogP contribution in [0.3, 0.4) is 0 Å². The van der Waals surface area contributed by atoms with Gasteiger partial charge >= 0.3 is 0 Å². The number of carbonyl (C=O) groups excluding carboxylic acids is 2. The van der Waals surface area contributed by atoms with Crippen molar-refractivity contribution in [1.82, 2.24) is 20.4 Å². The lowest BCUT2D eigenvalue weighted by atomic mass is 10.1. The molecule has 2 fully saturated rings. The molecule has 2 rings (SSSR count). The molecule has 1 saturated carbocycles. The highest BCUT2D eigenvalue weighted by atomic mass is 127. The van der Waals surface area contributed by atoms with E-state index in [0.717, 1.165) is 44.6 Å². The number of amides is 2. The van der Waals surface area contributed by atoms with Gasteiger partial charge in [-0.15, -0.1) is 24.0 Å². The minimum atomic E-state index is -0.0274. The van der Waals surface area contributed by atoms with Gasteiger partial charge in [-0.3, -0.25) is 9.59 Å². The van der Waals surface area contributed by atoms with Crippen molar-refractivity contribution in [2.45, 2.75) is 38.1 Å². The zero-order valence-corrected chi connectivity index (χ0v) is 19.8. The maximum absolute atomic E-state index is 12.6. The SMILES string of the molecule is CSCCNC(=NCC(=O)N(C)C)NC1CCN(C(=O)C2CCCC2)C1.I. The van der Waals surface area contributed by atoms with Gasteiger partial charge in [0, 0.05) is 51.4 Å². The largest absolute Gasteiger partial charge is 0.356 e. The molecular formula is C18H34IN5O2S. The van der Waals surface area contributed by atoms with E-state index in [4.69, 9.17) is 0 Å². The van der Waals surface area contributed by atoms with Crippen LogP contribution in [0.5, 0.6) is 0 Å². The number of halogens is 1. The predicted octanol–water partition coefficient (Wildman–Crippen LogP) is 1.38. The number of guanidine groups is 1. The van der Waals surface area contributed by atoms with Crippen molar-refractivity contribution >= 4 is 53.5 Å². The van der Waals surface area contributed by atoms with Crippen molar-refractivity contribution in [3.05, 3.63) is 0 Å². The van der Waals surface area contributed by atoms with Crippen LogP contribution < -0.4 is 10.6 Å². The van der Waals surface area contributed by atoms with Crippen LogP contribution in [-0.2, 0) is 9.59 Å². The average Bonchev–Trinajstić information content (AvgIpc) is 3.30. The summed E-state index contributed by atoms with van der Waals surface area (Å²) in [6.07, 6.45) is 7.43. The second-order valence-corrected chi connectivity index (χ2v) is 8.25. The molecule has 0 aromatic heterocycles. The molecule has 156 valence electrons. The Balaban J connectivity index is 0.00000364. The van der Waals surface area contributed by atoms with Crippen LogP contribution in [0.2, 0.25) is 0 Å². The van der Waals surface area contributed by atoms with Gasteiger partial charge in [-0.1, -0.05) is 12.8 Å². The van der Waals surface area contributed by atoms with E-state index in [0.29, 0.717) is 11.9 Å². The molecule has 27 heavy (non-hydrogen) atoms. The molecule has 0 bridgehead atoms. The fourth-order valence-corrected chi connectivity index (χ4v) is 3.72. The Morgan fingerprint density at radius 1 is 1.22 bits per heavy atom. The van der Waals surface area contributed by atoms with Crippen LogP contribution in [0.4, 0.5) is 0 Å². The lowest BCUT2D eigenvalue weighted by Crippen LogP contribution is -2.46. The van der Waals surface area contributed by atoms with E-state index in [1.165, 1.54) is 12.8 Å². The fourth-order valence-electron chi connectivity index (χ4n) is 3.41. The molecule has 7 nitrogen and oxygen atoms in total. The summed E-state index contributed by atoms with van der Waals surface area (Å²) in [5.41, 5.74) is 0. The van der Waals surface area contributed by atoms with Crippen molar-refractivity contribution in [3.63, 3.8) is 0 Å². The molecule has 1 heterocycles. The number of aliphatic imine (C=N–C) groups is 1. The topological polar surface area (TPSA) is 77.0 Å². The molecule has 1 unspecified atom stereocenters. The summed E-state index contributed by atoms with van der Waals surface area (Å²) in [5, 5.41) is 6.69. The van der Waals surface area contributed by atoms with Crippen molar-refractivity contribution in [1.29, 1.82) is 0 Å². The van der Waals surface area contributed by atoms with Crippen LogP contribution in [0.1, 0.15) is 32.1 Å². The van der Waals surface area contributed by atoms with Crippen molar-refractivity contribution in [2.24, 2.45) is 10.9 Å². The van der Waals surface area contributed by atoms with E-state index in [-0.39, 0.29) is 48.4 Å². The van der Waals surface area contributed by atoms with Crippen LogP contribution in [0.25, 0.3) is 0 Å². The summed E-state index contributed by atoms with van der Waals surface area (Å²) < 4.78 is 0. The van der Waals surface area contributed by atoms with Crippen LogP contribution in [0.15, 0.2) is 4.99 Å². The third-order valence-electron chi connectivity index (χ3n) is 5.02. The van der Waals surface area contributed by atoms with E-state index in [1.807, 2.05) is 4.90 Å². The van der Waals surface area contributed by atoms with Crippen molar-refractivity contribution < 1.29 is 9.59 Å². The van der Waals surface area contributed by atoms with Crippen molar-refractivity contribution in [3.8, 4) is 0 Å². The average molecular weight is 511 g/mol. The molecule has 0 aromatic rings. The lowest BCUT2D eigenvalue weighted by molar-refractivity contribution is -0.134. The summed E-state index contributed by atoms with van der Waals surface area (Å²) in [6, 6.07) is 0.190. The smallest absolute Gasteiger partial charge is 0.243 e. The third-order valence-corrected chi connectivity index (χ3v) is 5.63. The molecule has 1 saturated heterocycles. The predicted molar refractivity (Wildman–Crippen MR) is 123 cm³/mol. The summed E-state index contributed by atoms with van der Waals surface area (Å²) in [5.74, 6) is 2.16. The number of thioether (sulfide) groups is 1. The maximum atomic E-state index is 12.6. The molecule has 1 atom stereocenters. The van der Waals surface area contributed by atoms with Crippen LogP contribution in [-0.4, -0.2) is 85.9 Å². The number of hydrogen-bond donors (Lipinski definition) is 2. The number of likely N-dealkylation sites (N-methyl/N-ethyl adjacent to an activating group) is 1. The number of rotatable bonds is 7. The molecule has 1 aliphatic carbocycles. The Bertz CT molecular complexity index is 512. The number of nitrogens with zero attached hydrogens (tertiary/aromatic N) is 3. The summed E-state index contributed by atoms with van der Waals surface area (Å²) in [7, 11) is 3.46. The van der Waals surface area contributed by atoms with E-state index >= 15 is 0 Å². The van der Waals surface area contributed by atoms with Gasteiger partial charge in [0.2, 0.25) is 11.8 Å². The summed E-state index contributed by atoms with van der Waals surface area (Å²) in [6.45, 7) is 2.45. The van der Waals surface area contributed by atoms with Gasteiger partial charge in [0.05, 0.1) is 0 Å². The molecule has 1 aliphatic heterocycles. The molecule has 0 spiro atoms. The summed E-state index contributed by atoms with van der Waals surface area (Å²) in [4.78, 5) is 32.3. The maximum Gasteiger partial charge on any atom is 0.243 e. The Morgan fingerprint density at radius 2 is 1.93 bits per heavy atom. The molecule has 9 heteroatoms. The Kier molecular flexibility index (Phi) is 11.4. The van der Waals surface area contributed by atoms with Crippen LogP contribution >= 0.6 is 35.7 Å². The zero-order valence-electron chi connectivity index (χ0n) is 16.7. The number of carbonyl (C=O) groups is 2. The van der Waals surface area contributed by atoms with Gasteiger partial charge in [0.25, 0.3) is 0 Å². The highest BCUT2D eigenvalue weighted by Crippen LogP contribution is 2.27. The minimum Gasteiger partial charge on any atom is -0.356 e. The molecule has 0 aromatic carbocycles. The molecular weight excluding hydrogens is 477 g/mol. The normalized spacial score (nSPS) is 20.3. The second kappa shape index (κ2) is 12.7. The minimum absolute atomic E-state index is 0. The summed E-state index contributed by atoms with van der Waals surface area (Å²) >= 11 is 1.76. The molecule has 2 N–H and O–H groups in total. The van der Waals surface area contributed by atoms with Gasteiger partial charge in [-0.25, -0.2) is 4.99 Å². The molecule has 2 amide bonds. The van der Waals surface area contributed by atoms with Gasteiger partial charge in [-0.2, -0.15) is 11.8 Å². The van der Waals surface area contributed by atoms with Gasteiger partial charge < -0.3 is 20.4 Å². The van der Waals surface area contributed by atoms with Crippen molar-refractivity contribution in [2.75, 3.05) is 52.3 Å². The Labute approximate surface area is 184 Å². The fraction of sp³-hybridized carbons (Fsp3) is 0.833. The lowest BCUT2D eigenvalue weighted by Gasteiger charge is -2.21. The quantitative estimate of drug-likeness (QED) is 0.234. The molecule has 2 aliphatic rings.